The SMILES string of the molecule is CCCCOC(=O)[C@@H]1C[C@@H]1C(=O)O. The summed E-state index contributed by atoms with van der Waals surface area (Å²) in [5, 5.41) is 8.54. The molecule has 0 saturated heterocycles. The largest absolute Gasteiger partial charge is 0.481 e. The lowest BCUT2D eigenvalue weighted by Gasteiger charge is -2.01. The number of carboxylic acid groups (broad SMARTS) is 1. The minimum absolute atomic E-state index is 0.346. The molecule has 74 valence electrons. The van der Waals surface area contributed by atoms with E-state index in [1.54, 1.807) is 0 Å². The Labute approximate surface area is 76.9 Å². The molecule has 0 aromatic rings. The molecule has 0 amide bonds. The molecule has 0 aromatic heterocycles. The molecule has 1 aliphatic rings. The molecule has 2 atom stereocenters. The average molecular weight is 186 g/mol. The number of carbonyl (C=O) groups excluding carboxylic acids is 1. The van der Waals surface area contributed by atoms with Crippen molar-refractivity contribution in [2.45, 2.75) is 26.2 Å². The highest BCUT2D eigenvalue weighted by atomic mass is 16.5. The van der Waals surface area contributed by atoms with Crippen LogP contribution in [0.3, 0.4) is 0 Å². The van der Waals surface area contributed by atoms with Crippen molar-refractivity contribution in [1.82, 2.24) is 0 Å². The summed E-state index contributed by atoms with van der Waals surface area (Å²) < 4.78 is 4.88. The van der Waals surface area contributed by atoms with Crippen molar-refractivity contribution in [2.75, 3.05) is 6.61 Å². The zero-order valence-corrected chi connectivity index (χ0v) is 7.66. The number of carboxylic acids is 1. The van der Waals surface area contributed by atoms with Crippen molar-refractivity contribution in [2.24, 2.45) is 11.8 Å². The van der Waals surface area contributed by atoms with Crippen molar-refractivity contribution in [3.63, 3.8) is 0 Å². The van der Waals surface area contributed by atoms with Crippen LogP contribution < -0.4 is 0 Å². The highest BCUT2D eigenvalue weighted by molar-refractivity contribution is 5.86. The summed E-state index contributed by atoms with van der Waals surface area (Å²) in [7, 11) is 0. The second kappa shape index (κ2) is 4.25. The van der Waals surface area contributed by atoms with Crippen LogP contribution in [0.15, 0.2) is 0 Å². The molecule has 1 N–H and O–H groups in total. The molecule has 0 heterocycles. The van der Waals surface area contributed by atoms with E-state index in [0.29, 0.717) is 13.0 Å². The van der Waals surface area contributed by atoms with Gasteiger partial charge in [-0.1, -0.05) is 13.3 Å². The van der Waals surface area contributed by atoms with E-state index in [9.17, 15) is 9.59 Å². The third-order valence-corrected chi connectivity index (χ3v) is 2.15. The summed E-state index contributed by atoms with van der Waals surface area (Å²) >= 11 is 0. The van der Waals surface area contributed by atoms with Gasteiger partial charge in [-0.15, -0.1) is 0 Å². The Bertz CT molecular complexity index is 212. The molecule has 0 radical (unpaired) electrons. The summed E-state index contributed by atoms with van der Waals surface area (Å²) in [5.41, 5.74) is 0. The fourth-order valence-corrected chi connectivity index (χ4v) is 1.15. The molecule has 1 rings (SSSR count). The first-order chi connectivity index (χ1) is 6.16. The van der Waals surface area contributed by atoms with Gasteiger partial charge in [-0.3, -0.25) is 9.59 Å². The number of ether oxygens (including phenoxy) is 1. The first kappa shape index (κ1) is 10.0. The van der Waals surface area contributed by atoms with Crippen LogP contribution in [-0.2, 0) is 14.3 Å². The van der Waals surface area contributed by atoms with Crippen LogP contribution in [0.5, 0.6) is 0 Å². The van der Waals surface area contributed by atoms with Gasteiger partial charge < -0.3 is 9.84 Å². The zero-order chi connectivity index (χ0) is 9.84. The fourth-order valence-electron chi connectivity index (χ4n) is 1.15. The minimum Gasteiger partial charge on any atom is -0.481 e. The summed E-state index contributed by atoms with van der Waals surface area (Å²) in [5.74, 6) is -2.11. The second-order valence-electron chi connectivity index (χ2n) is 3.31. The molecule has 0 unspecified atom stereocenters. The number of hydrogen-bond donors (Lipinski definition) is 1. The van der Waals surface area contributed by atoms with E-state index in [2.05, 4.69) is 0 Å². The monoisotopic (exact) mass is 186 g/mol. The van der Waals surface area contributed by atoms with E-state index in [1.807, 2.05) is 6.92 Å². The normalized spacial score (nSPS) is 25.3. The van der Waals surface area contributed by atoms with Gasteiger partial charge in [0.15, 0.2) is 0 Å². The van der Waals surface area contributed by atoms with Gasteiger partial charge in [0.1, 0.15) is 0 Å². The third kappa shape index (κ3) is 2.72. The molecule has 1 fully saturated rings. The Morgan fingerprint density at radius 1 is 1.46 bits per heavy atom. The Morgan fingerprint density at radius 3 is 2.62 bits per heavy atom. The van der Waals surface area contributed by atoms with Crippen LogP contribution in [0.1, 0.15) is 26.2 Å². The molecule has 13 heavy (non-hydrogen) atoms. The number of carbonyl (C=O) groups is 2. The van der Waals surface area contributed by atoms with Crippen molar-refractivity contribution in [3.05, 3.63) is 0 Å². The van der Waals surface area contributed by atoms with Gasteiger partial charge in [-0.25, -0.2) is 0 Å². The van der Waals surface area contributed by atoms with Crippen molar-refractivity contribution < 1.29 is 19.4 Å². The van der Waals surface area contributed by atoms with E-state index in [1.165, 1.54) is 0 Å². The lowest BCUT2D eigenvalue weighted by molar-refractivity contribution is -0.148. The van der Waals surface area contributed by atoms with Gasteiger partial charge in [0.2, 0.25) is 0 Å². The lowest BCUT2D eigenvalue weighted by atomic mass is 10.3. The maximum absolute atomic E-state index is 11.1. The van der Waals surface area contributed by atoms with Gasteiger partial charge in [0.25, 0.3) is 0 Å². The Kier molecular flexibility index (Phi) is 3.28. The highest BCUT2D eigenvalue weighted by Crippen LogP contribution is 2.39. The maximum Gasteiger partial charge on any atom is 0.309 e. The molecular formula is C9H14O4. The smallest absolute Gasteiger partial charge is 0.309 e. The topological polar surface area (TPSA) is 63.6 Å². The molecule has 0 aliphatic heterocycles. The van der Waals surface area contributed by atoms with Gasteiger partial charge >= 0.3 is 11.9 Å². The van der Waals surface area contributed by atoms with Crippen LogP contribution in [0.25, 0.3) is 0 Å². The standard InChI is InChI=1S/C9H14O4/c1-2-3-4-13-9(12)7-5-6(7)8(10)11/h6-7H,2-5H2,1H3,(H,10,11)/t6-,7+/m0/s1. The van der Waals surface area contributed by atoms with E-state index >= 15 is 0 Å². The summed E-state index contributed by atoms with van der Waals surface area (Å²) in [6.45, 7) is 2.42. The van der Waals surface area contributed by atoms with Crippen LogP contribution in [0.4, 0.5) is 0 Å². The van der Waals surface area contributed by atoms with Gasteiger partial charge in [0.05, 0.1) is 18.4 Å². The van der Waals surface area contributed by atoms with Crippen LogP contribution in [0, 0.1) is 11.8 Å². The fraction of sp³-hybridized carbons (Fsp3) is 0.778. The van der Waals surface area contributed by atoms with Crippen LogP contribution in [-0.4, -0.2) is 23.7 Å². The number of hydrogen-bond acceptors (Lipinski definition) is 3. The maximum atomic E-state index is 11.1. The molecule has 1 saturated carbocycles. The second-order valence-corrected chi connectivity index (χ2v) is 3.31. The summed E-state index contributed by atoms with van der Waals surface area (Å²) in [6.07, 6.45) is 2.26. The number of esters is 1. The molecule has 0 aromatic carbocycles. The molecule has 1 aliphatic carbocycles. The van der Waals surface area contributed by atoms with Crippen LogP contribution in [0.2, 0.25) is 0 Å². The average Bonchev–Trinajstić information content (AvgIpc) is 2.83. The van der Waals surface area contributed by atoms with E-state index in [4.69, 9.17) is 9.84 Å². The number of unbranched alkanes of at least 4 members (excludes halogenated alkanes) is 1. The molecule has 0 bridgehead atoms. The molecule has 0 spiro atoms. The lowest BCUT2D eigenvalue weighted by Crippen LogP contribution is -2.11. The first-order valence-electron chi connectivity index (χ1n) is 4.56. The zero-order valence-electron chi connectivity index (χ0n) is 7.66. The van der Waals surface area contributed by atoms with E-state index in [-0.39, 0.29) is 11.9 Å². The molecule has 4 nitrogen and oxygen atoms in total. The van der Waals surface area contributed by atoms with Gasteiger partial charge in [0, 0.05) is 0 Å². The molecular weight excluding hydrogens is 172 g/mol. The minimum atomic E-state index is -0.891. The molecule has 4 heteroatoms. The van der Waals surface area contributed by atoms with E-state index < -0.39 is 11.9 Å². The Balaban J connectivity index is 2.16. The highest BCUT2D eigenvalue weighted by Gasteiger charge is 2.49. The Morgan fingerprint density at radius 2 is 2.15 bits per heavy atom. The number of aliphatic carboxylic acids is 1. The Hall–Kier alpha value is -1.06. The van der Waals surface area contributed by atoms with Crippen molar-refractivity contribution >= 4 is 11.9 Å². The van der Waals surface area contributed by atoms with Crippen molar-refractivity contribution in [3.8, 4) is 0 Å². The first-order valence-corrected chi connectivity index (χ1v) is 4.56. The van der Waals surface area contributed by atoms with Crippen molar-refractivity contribution in [1.29, 1.82) is 0 Å². The number of rotatable bonds is 5. The van der Waals surface area contributed by atoms with Crippen LogP contribution >= 0.6 is 0 Å². The predicted octanol–water partition coefficient (Wildman–Crippen LogP) is 1.05. The third-order valence-electron chi connectivity index (χ3n) is 2.15. The quantitative estimate of drug-likeness (QED) is 0.515. The van der Waals surface area contributed by atoms with Gasteiger partial charge in [-0.05, 0) is 12.8 Å². The summed E-state index contributed by atoms with van der Waals surface area (Å²) in [6, 6.07) is 0. The van der Waals surface area contributed by atoms with Gasteiger partial charge in [-0.2, -0.15) is 0 Å². The summed E-state index contributed by atoms with van der Waals surface area (Å²) in [4.78, 5) is 21.5. The predicted molar refractivity (Wildman–Crippen MR) is 45.1 cm³/mol. The van der Waals surface area contributed by atoms with E-state index in [0.717, 1.165) is 12.8 Å².